The fourth-order valence-corrected chi connectivity index (χ4v) is 6.97. The van der Waals surface area contributed by atoms with Crippen molar-refractivity contribution in [2.75, 3.05) is 20.7 Å². The van der Waals surface area contributed by atoms with Crippen molar-refractivity contribution in [2.24, 2.45) is 11.8 Å². The van der Waals surface area contributed by atoms with E-state index in [-0.39, 0.29) is 17.3 Å². The number of nitrogens with zero attached hydrogens (tertiary/aromatic N) is 1. The van der Waals surface area contributed by atoms with Gasteiger partial charge in [-0.25, -0.2) is 4.79 Å². The number of hydrogen-bond acceptors (Lipinski definition) is 4. The Labute approximate surface area is 177 Å². The van der Waals surface area contributed by atoms with Gasteiger partial charge in [0, 0.05) is 17.4 Å². The van der Waals surface area contributed by atoms with Gasteiger partial charge in [-0.2, -0.15) is 0 Å². The molecule has 4 heteroatoms. The zero-order chi connectivity index (χ0) is 20.5. The molecule has 0 radical (unpaired) electrons. The quantitative estimate of drug-likeness (QED) is 0.725. The Bertz CT molecular complexity index is 1060. The lowest BCUT2D eigenvalue weighted by Crippen LogP contribution is -2.61. The summed E-state index contributed by atoms with van der Waals surface area (Å²) >= 11 is 0. The lowest BCUT2D eigenvalue weighted by molar-refractivity contribution is -0.00848. The van der Waals surface area contributed by atoms with Gasteiger partial charge in [0.25, 0.3) is 0 Å². The maximum Gasteiger partial charge on any atom is 0.343 e. The highest BCUT2D eigenvalue weighted by molar-refractivity contribution is 5.90. The maximum atomic E-state index is 12.9. The molecule has 3 unspecified atom stereocenters. The molecule has 30 heavy (non-hydrogen) atoms. The van der Waals surface area contributed by atoms with Crippen LogP contribution in [0.3, 0.4) is 0 Å². The fourth-order valence-electron chi connectivity index (χ4n) is 6.97. The number of methoxy groups -OCH3 is 1. The fraction of sp³-hybridized carbons (Fsp3) is 0.423. The second kappa shape index (κ2) is 6.45. The Morgan fingerprint density at radius 3 is 2.77 bits per heavy atom. The van der Waals surface area contributed by atoms with Crippen molar-refractivity contribution in [3.8, 4) is 5.75 Å². The van der Waals surface area contributed by atoms with Crippen molar-refractivity contribution >= 4 is 5.97 Å². The van der Waals surface area contributed by atoms with Gasteiger partial charge in [0.15, 0.2) is 0 Å². The van der Waals surface area contributed by atoms with Gasteiger partial charge in [-0.15, -0.1) is 0 Å². The summed E-state index contributed by atoms with van der Waals surface area (Å²) in [5.74, 6) is 2.39. The predicted molar refractivity (Wildman–Crippen MR) is 115 cm³/mol. The standard InChI is InChI=1S/C26H27NO3/c1-27-13-12-26-19-9-11-23(30-25(28)16-6-4-3-5-7-16)20(26)15-18-22(29-2)10-8-17(24(18)26)14-21(19)27/h3-8,10-11,19-21H,9,12-15H2,1-2H3/t19?,20-,21?,26?/m0/s1. The molecule has 3 aliphatic carbocycles. The Kier molecular flexibility index (Phi) is 3.91. The van der Waals surface area contributed by atoms with Crippen LogP contribution in [0.4, 0.5) is 0 Å². The van der Waals surface area contributed by atoms with Gasteiger partial charge in [0.1, 0.15) is 11.5 Å². The highest BCUT2D eigenvalue weighted by Crippen LogP contribution is 2.64. The number of benzene rings is 2. The molecule has 0 amide bonds. The molecule has 154 valence electrons. The summed E-state index contributed by atoms with van der Waals surface area (Å²) in [4.78, 5) is 15.4. The third-order valence-electron chi connectivity index (χ3n) is 8.21. The van der Waals surface area contributed by atoms with Crippen LogP contribution >= 0.6 is 0 Å². The number of carbonyl (C=O) groups is 1. The van der Waals surface area contributed by atoms with Crippen LogP contribution in [0, 0.1) is 11.8 Å². The van der Waals surface area contributed by atoms with Gasteiger partial charge in [-0.3, -0.25) is 0 Å². The molecule has 6 rings (SSSR count). The number of carbonyl (C=O) groups excluding carboxylic acids is 1. The second-order valence-corrected chi connectivity index (χ2v) is 9.28. The molecule has 4 aliphatic rings. The summed E-state index contributed by atoms with van der Waals surface area (Å²) in [7, 11) is 4.04. The van der Waals surface area contributed by atoms with Crippen molar-refractivity contribution in [1.82, 2.24) is 4.90 Å². The second-order valence-electron chi connectivity index (χ2n) is 9.28. The van der Waals surface area contributed by atoms with E-state index in [1.165, 1.54) is 16.7 Å². The lowest BCUT2D eigenvalue weighted by atomic mass is 9.52. The van der Waals surface area contributed by atoms with E-state index >= 15 is 0 Å². The van der Waals surface area contributed by atoms with Gasteiger partial charge in [-0.05, 0) is 86.2 Å². The third kappa shape index (κ3) is 2.28. The first kappa shape index (κ1) is 18.2. The maximum absolute atomic E-state index is 12.9. The summed E-state index contributed by atoms with van der Waals surface area (Å²) < 4.78 is 11.9. The Balaban J connectivity index is 1.46. The largest absolute Gasteiger partial charge is 0.496 e. The van der Waals surface area contributed by atoms with Gasteiger partial charge >= 0.3 is 5.97 Å². The Morgan fingerprint density at radius 2 is 1.97 bits per heavy atom. The average Bonchev–Trinajstić information content (AvgIpc) is 3.13. The Morgan fingerprint density at radius 1 is 1.13 bits per heavy atom. The Hall–Kier alpha value is -2.59. The third-order valence-corrected chi connectivity index (χ3v) is 8.21. The van der Waals surface area contributed by atoms with Gasteiger partial charge < -0.3 is 14.4 Å². The molecule has 0 N–H and O–H groups in total. The summed E-state index contributed by atoms with van der Waals surface area (Å²) in [6, 6.07) is 14.3. The molecule has 2 aromatic rings. The number of esters is 1. The van der Waals surface area contributed by atoms with Crippen LogP contribution in [0.5, 0.6) is 5.75 Å². The average molecular weight is 402 g/mol. The van der Waals surface area contributed by atoms with Gasteiger partial charge in [0.2, 0.25) is 0 Å². The molecule has 1 saturated heterocycles. The van der Waals surface area contributed by atoms with E-state index in [1.54, 1.807) is 7.11 Å². The van der Waals surface area contributed by atoms with Gasteiger partial charge in [0.05, 0.1) is 12.7 Å². The topological polar surface area (TPSA) is 38.8 Å². The van der Waals surface area contributed by atoms with E-state index < -0.39 is 0 Å². The normalized spacial score (nSPS) is 31.0. The first-order valence-electron chi connectivity index (χ1n) is 11.0. The summed E-state index contributed by atoms with van der Waals surface area (Å²) in [6.45, 7) is 1.09. The molecule has 0 saturated carbocycles. The number of rotatable bonds is 3. The SMILES string of the molecule is COc1ccc2c3c1C[C@H]1C(OC(=O)c4ccccc4)=CCC4C(C2)N(C)CCC341. The van der Waals surface area contributed by atoms with Crippen molar-refractivity contribution in [3.05, 3.63) is 76.6 Å². The summed E-state index contributed by atoms with van der Waals surface area (Å²) in [6.07, 6.45) is 6.30. The minimum Gasteiger partial charge on any atom is -0.496 e. The summed E-state index contributed by atoms with van der Waals surface area (Å²) in [5, 5.41) is 0. The molecule has 1 heterocycles. The number of allylic oxidation sites excluding steroid dienone is 2. The minimum absolute atomic E-state index is 0.0652. The first-order chi connectivity index (χ1) is 14.6. The molecule has 1 fully saturated rings. The van der Waals surface area contributed by atoms with Crippen molar-refractivity contribution < 1.29 is 14.3 Å². The van der Waals surface area contributed by atoms with E-state index in [0.717, 1.165) is 43.7 Å². The monoisotopic (exact) mass is 401 g/mol. The van der Waals surface area contributed by atoms with E-state index in [0.29, 0.717) is 17.5 Å². The van der Waals surface area contributed by atoms with Crippen LogP contribution in [-0.2, 0) is 23.0 Å². The van der Waals surface area contributed by atoms with Gasteiger partial charge in [-0.1, -0.05) is 24.3 Å². The van der Waals surface area contributed by atoms with E-state index in [1.807, 2.05) is 30.3 Å². The van der Waals surface area contributed by atoms with Crippen LogP contribution in [0.2, 0.25) is 0 Å². The van der Waals surface area contributed by atoms with Crippen LogP contribution < -0.4 is 4.74 Å². The van der Waals surface area contributed by atoms with Crippen LogP contribution in [0.15, 0.2) is 54.3 Å². The lowest BCUT2D eigenvalue weighted by Gasteiger charge is -2.58. The van der Waals surface area contributed by atoms with E-state index in [2.05, 4.69) is 30.2 Å². The molecule has 1 aliphatic heterocycles. The van der Waals surface area contributed by atoms with Crippen LogP contribution in [-0.4, -0.2) is 37.6 Å². The highest BCUT2D eigenvalue weighted by Gasteiger charge is 2.62. The number of hydrogen-bond donors (Lipinski definition) is 0. The number of likely N-dealkylation sites (N-methyl/N-ethyl adjacent to an activating group) is 1. The van der Waals surface area contributed by atoms with Crippen LogP contribution in [0.1, 0.15) is 39.9 Å². The molecular formula is C26H27NO3. The summed E-state index contributed by atoms with van der Waals surface area (Å²) in [5.41, 5.74) is 5.00. The zero-order valence-electron chi connectivity index (χ0n) is 17.6. The van der Waals surface area contributed by atoms with Crippen molar-refractivity contribution in [3.63, 3.8) is 0 Å². The number of piperidine rings is 1. The van der Waals surface area contributed by atoms with Crippen molar-refractivity contribution in [2.45, 2.75) is 37.1 Å². The number of ether oxygens (including phenoxy) is 2. The smallest absolute Gasteiger partial charge is 0.343 e. The molecule has 4 atom stereocenters. The molecule has 1 spiro atoms. The van der Waals surface area contributed by atoms with Crippen molar-refractivity contribution in [1.29, 1.82) is 0 Å². The van der Waals surface area contributed by atoms with E-state index in [4.69, 9.17) is 9.47 Å². The number of likely N-dealkylation sites (tertiary alicyclic amines) is 1. The minimum atomic E-state index is -0.250. The highest BCUT2D eigenvalue weighted by atomic mass is 16.5. The zero-order valence-corrected chi connectivity index (χ0v) is 17.6. The molecule has 4 nitrogen and oxygen atoms in total. The first-order valence-corrected chi connectivity index (χ1v) is 11.0. The molecule has 2 bridgehead atoms. The predicted octanol–water partition coefficient (Wildman–Crippen LogP) is 4.13. The molecular weight excluding hydrogens is 374 g/mol. The van der Waals surface area contributed by atoms with Crippen LogP contribution in [0.25, 0.3) is 0 Å². The molecule has 2 aromatic carbocycles. The molecule has 0 aromatic heterocycles. The van der Waals surface area contributed by atoms with E-state index in [9.17, 15) is 4.79 Å².